The van der Waals surface area contributed by atoms with E-state index < -0.39 is 0 Å². The van der Waals surface area contributed by atoms with Crippen LogP contribution in [0.3, 0.4) is 0 Å². The third kappa shape index (κ3) is 4.69. The van der Waals surface area contributed by atoms with E-state index in [-0.39, 0.29) is 11.9 Å². The van der Waals surface area contributed by atoms with Crippen LogP contribution in [0.4, 0.5) is 0 Å². The van der Waals surface area contributed by atoms with Gasteiger partial charge in [-0.3, -0.25) is 4.79 Å². The maximum atomic E-state index is 13.0. The zero-order valence-electron chi connectivity index (χ0n) is 18.6. The Labute approximate surface area is 188 Å². The predicted octanol–water partition coefficient (Wildman–Crippen LogP) is 2.66. The summed E-state index contributed by atoms with van der Waals surface area (Å²) in [6, 6.07) is 8.60. The molecule has 2 heterocycles. The van der Waals surface area contributed by atoms with Crippen LogP contribution >= 0.6 is 0 Å². The predicted molar refractivity (Wildman–Crippen MR) is 129 cm³/mol. The summed E-state index contributed by atoms with van der Waals surface area (Å²) in [5.74, 6) is 0.887. The van der Waals surface area contributed by atoms with Crippen LogP contribution in [0.1, 0.15) is 48.0 Å². The summed E-state index contributed by atoms with van der Waals surface area (Å²) in [6.45, 7) is 4.84. The highest BCUT2D eigenvalue weighted by atomic mass is 16.1. The molecule has 0 atom stereocenters. The van der Waals surface area contributed by atoms with Gasteiger partial charge in [-0.05, 0) is 36.8 Å². The molecule has 6 nitrogen and oxygen atoms in total. The van der Waals surface area contributed by atoms with Gasteiger partial charge in [-0.2, -0.15) is 0 Å². The summed E-state index contributed by atoms with van der Waals surface area (Å²) < 4.78 is 4.06. The number of nitrogens with zero attached hydrogens (tertiary/aromatic N) is 3. The Kier molecular flexibility index (Phi) is 6.59. The second-order valence-corrected chi connectivity index (χ2v) is 8.45. The molecule has 0 saturated heterocycles. The molecule has 0 spiro atoms. The van der Waals surface area contributed by atoms with Crippen LogP contribution < -0.4 is 21.6 Å². The number of aromatic nitrogens is 3. The molecule has 1 saturated carbocycles. The number of rotatable bonds is 6. The van der Waals surface area contributed by atoms with Crippen molar-refractivity contribution < 1.29 is 4.79 Å². The molecule has 3 aromatic rings. The molecule has 0 aliphatic heterocycles. The Morgan fingerprint density at radius 2 is 2.00 bits per heavy atom. The molecular weight excluding hydrogens is 398 g/mol. The smallest absolute Gasteiger partial charge is 0.253 e. The first-order chi connectivity index (χ1) is 15.6. The van der Waals surface area contributed by atoms with Crippen molar-refractivity contribution in [3.63, 3.8) is 0 Å². The van der Waals surface area contributed by atoms with Gasteiger partial charge in [-0.1, -0.05) is 50.1 Å². The van der Waals surface area contributed by atoms with E-state index in [1.54, 1.807) is 12.3 Å². The molecule has 1 amide bonds. The maximum Gasteiger partial charge on any atom is 0.253 e. The number of amides is 1. The number of benzene rings is 1. The number of carbonyl (C=O) groups excluding carboxylic acids is 1. The zero-order valence-corrected chi connectivity index (χ0v) is 18.6. The summed E-state index contributed by atoms with van der Waals surface area (Å²) in [5.41, 5.74) is 8.38. The number of nitrogens with two attached hydrogens (primary N) is 1. The third-order valence-electron chi connectivity index (χ3n) is 6.17. The fourth-order valence-corrected chi connectivity index (χ4v) is 4.39. The average Bonchev–Trinajstić information content (AvgIpc) is 3.36. The van der Waals surface area contributed by atoms with Crippen molar-refractivity contribution >= 4 is 18.6 Å². The Morgan fingerprint density at radius 1 is 1.25 bits per heavy atom. The Morgan fingerprint density at radius 3 is 2.66 bits per heavy atom. The number of imidazole rings is 1. The van der Waals surface area contributed by atoms with E-state index >= 15 is 0 Å². The van der Waals surface area contributed by atoms with Gasteiger partial charge in [-0.25, -0.2) is 4.98 Å². The van der Waals surface area contributed by atoms with Crippen molar-refractivity contribution in [1.29, 1.82) is 0 Å². The fourth-order valence-electron chi connectivity index (χ4n) is 4.39. The quantitative estimate of drug-likeness (QED) is 0.632. The number of carbonyl (C=O) groups is 1. The van der Waals surface area contributed by atoms with Gasteiger partial charge in [0.1, 0.15) is 5.82 Å². The Bertz CT molecular complexity index is 1210. The van der Waals surface area contributed by atoms with Crippen molar-refractivity contribution in [3.05, 3.63) is 76.8 Å². The summed E-state index contributed by atoms with van der Waals surface area (Å²) >= 11 is 0. The molecule has 166 valence electrons. The molecule has 1 aliphatic carbocycles. The Hall–Kier alpha value is -3.54. The van der Waals surface area contributed by atoms with Crippen LogP contribution in [0.25, 0.3) is 24.0 Å². The van der Waals surface area contributed by atoms with Crippen LogP contribution in [-0.4, -0.2) is 26.1 Å². The van der Waals surface area contributed by atoms with Gasteiger partial charge in [0.15, 0.2) is 0 Å². The SMILES string of the molecule is C=c1c(C(=O)NC2CCCCC2)cn(Cc2ccc(-c3nccn3C)cc2)/c1=C/C=C\N. The molecule has 4 rings (SSSR count). The van der Waals surface area contributed by atoms with Crippen molar-refractivity contribution in [2.45, 2.75) is 44.7 Å². The van der Waals surface area contributed by atoms with E-state index in [0.717, 1.165) is 40.4 Å². The summed E-state index contributed by atoms with van der Waals surface area (Å²) in [6.07, 6.45) is 16.5. The molecule has 1 fully saturated rings. The monoisotopic (exact) mass is 429 g/mol. The van der Waals surface area contributed by atoms with E-state index in [1.807, 2.05) is 30.1 Å². The molecule has 1 aromatic carbocycles. The number of nitrogens with one attached hydrogen (secondary N) is 1. The second-order valence-electron chi connectivity index (χ2n) is 8.45. The van der Waals surface area contributed by atoms with Gasteiger partial charge < -0.3 is 20.2 Å². The van der Waals surface area contributed by atoms with Crippen molar-refractivity contribution in [2.75, 3.05) is 0 Å². The van der Waals surface area contributed by atoms with E-state index in [0.29, 0.717) is 12.1 Å². The third-order valence-corrected chi connectivity index (χ3v) is 6.17. The number of allylic oxidation sites excluding steroid dienone is 1. The van der Waals surface area contributed by atoms with E-state index in [4.69, 9.17) is 5.73 Å². The van der Waals surface area contributed by atoms with Gasteiger partial charge in [0, 0.05) is 54.4 Å². The lowest BCUT2D eigenvalue weighted by molar-refractivity contribution is 0.0927. The Balaban J connectivity index is 1.60. The lowest BCUT2D eigenvalue weighted by Gasteiger charge is -2.22. The lowest BCUT2D eigenvalue weighted by Crippen LogP contribution is -2.39. The highest BCUT2D eigenvalue weighted by molar-refractivity contribution is 5.94. The van der Waals surface area contributed by atoms with Crippen LogP contribution in [-0.2, 0) is 13.6 Å². The van der Waals surface area contributed by atoms with E-state index in [1.165, 1.54) is 25.5 Å². The molecule has 3 N–H and O–H groups in total. The first-order valence-corrected chi connectivity index (χ1v) is 11.2. The molecule has 0 unspecified atom stereocenters. The summed E-state index contributed by atoms with van der Waals surface area (Å²) in [7, 11) is 1.98. The van der Waals surface area contributed by atoms with Crippen LogP contribution in [0.5, 0.6) is 0 Å². The largest absolute Gasteiger partial charge is 0.405 e. The second kappa shape index (κ2) is 9.73. The molecular formula is C26H31N5O. The zero-order chi connectivity index (χ0) is 22.5. The molecule has 2 aromatic heterocycles. The molecule has 0 bridgehead atoms. The minimum Gasteiger partial charge on any atom is -0.405 e. The van der Waals surface area contributed by atoms with E-state index in [2.05, 4.69) is 45.7 Å². The summed E-state index contributed by atoms with van der Waals surface area (Å²) in [4.78, 5) is 17.4. The van der Waals surface area contributed by atoms with Gasteiger partial charge in [-0.15, -0.1) is 0 Å². The minimum atomic E-state index is -0.0443. The van der Waals surface area contributed by atoms with Crippen molar-refractivity contribution in [1.82, 2.24) is 19.4 Å². The highest BCUT2D eigenvalue weighted by Gasteiger charge is 2.18. The van der Waals surface area contributed by atoms with Gasteiger partial charge >= 0.3 is 0 Å². The van der Waals surface area contributed by atoms with Crippen molar-refractivity contribution in [2.24, 2.45) is 12.8 Å². The van der Waals surface area contributed by atoms with Gasteiger partial charge in [0.05, 0.1) is 5.56 Å². The number of hydrogen-bond donors (Lipinski definition) is 2. The lowest BCUT2D eigenvalue weighted by atomic mass is 9.95. The molecule has 1 aliphatic rings. The maximum absolute atomic E-state index is 13.0. The topological polar surface area (TPSA) is 77.9 Å². The minimum absolute atomic E-state index is 0.0443. The summed E-state index contributed by atoms with van der Waals surface area (Å²) in [5, 5.41) is 4.81. The van der Waals surface area contributed by atoms with E-state index in [9.17, 15) is 4.79 Å². The highest BCUT2D eigenvalue weighted by Crippen LogP contribution is 2.18. The van der Waals surface area contributed by atoms with Crippen molar-refractivity contribution in [3.8, 4) is 11.4 Å². The average molecular weight is 430 g/mol. The van der Waals surface area contributed by atoms with Crippen LogP contribution in [0, 0.1) is 0 Å². The number of hydrogen-bond acceptors (Lipinski definition) is 3. The van der Waals surface area contributed by atoms with Gasteiger partial charge in [0.25, 0.3) is 5.91 Å². The molecule has 6 heteroatoms. The standard InChI is InChI=1S/C26H31N5O/c1-19-23(26(32)29-22-7-4-3-5-8-22)18-31(24(19)9-6-14-27)17-20-10-12-21(13-11-20)25-28-15-16-30(25)2/h6,9-16,18,22H,1,3-5,7-8,17,27H2,2H3,(H,29,32)/b14-6-,24-9+. The first kappa shape index (κ1) is 21.7. The van der Waals surface area contributed by atoms with Gasteiger partial charge in [0.2, 0.25) is 0 Å². The first-order valence-electron chi connectivity index (χ1n) is 11.2. The van der Waals surface area contributed by atoms with Crippen LogP contribution in [0.15, 0.2) is 55.1 Å². The molecule has 0 radical (unpaired) electrons. The normalized spacial score (nSPS) is 15.5. The fraction of sp³-hybridized carbons (Fsp3) is 0.308. The molecule has 32 heavy (non-hydrogen) atoms. The van der Waals surface area contributed by atoms with Crippen LogP contribution in [0.2, 0.25) is 0 Å². The number of aryl methyl sites for hydroxylation is 1.